The molecule has 1 spiro atoms. The molecule has 10 heteroatoms. The van der Waals surface area contributed by atoms with Crippen LogP contribution in [0, 0.1) is 0 Å². The Kier molecular flexibility index (Phi) is 8.04. The number of anilines is 2. The molecule has 1 amide bonds. The van der Waals surface area contributed by atoms with Gasteiger partial charge in [0.1, 0.15) is 23.5 Å². The number of amides is 1. The molecule has 1 atom stereocenters. The first-order valence-electron chi connectivity index (χ1n) is 13.1. The minimum absolute atomic E-state index is 0.0136. The summed E-state index contributed by atoms with van der Waals surface area (Å²) in [6, 6.07) is 13.7. The van der Waals surface area contributed by atoms with Crippen molar-refractivity contribution in [2.24, 2.45) is 0 Å². The lowest BCUT2D eigenvalue weighted by molar-refractivity contribution is -0.185. The SMILES string of the molecule is COc1cc2ncnc(N[C@H](C)c3ccccc3)c2cc1NC(=O)/C=C/CN1CC(=O)OC2(CCOCC2)C1. The topological polar surface area (TPSA) is 115 Å². The first kappa shape index (κ1) is 26.6. The van der Waals surface area contributed by atoms with Crippen molar-refractivity contribution in [2.45, 2.75) is 31.4 Å². The fraction of sp³-hybridized carbons (Fsp3) is 0.379. The van der Waals surface area contributed by atoms with Gasteiger partial charge in [-0.1, -0.05) is 36.4 Å². The second-order valence-corrected chi connectivity index (χ2v) is 9.90. The summed E-state index contributed by atoms with van der Waals surface area (Å²) in [7, 11) is 1.55. The number of carbonyl (C=O) groups is 2. The summed E-state index contributed by atoms with van der Waals surface area (Å²) in [5, 5.41) is 7.11. The van der Waals surface area contributed by atoms with E-state index in [0.29, 0.717) is 61.9 Å². The Morgan fingerprint density at radius 1 is 1.21 bits per heavy atom. The van der Waals surface area contributed by atoms with Crippen LogP contribution in [0.25, 0.3) is 10.9 Å². The molecule has 2 N–H and O–H groups in total. The summed E-state index contributed by atoms with van der Waals surface area (Å²) in [6.45, 7) is 4.51. The van der Waals surface area contributed by atoms with Gasteiger partial charge in [-0.3, -0.25) is 14.5 Å². The van der Waals surface area contributed by atoms with E-state index < -0.39 is 5.60 Å². The summed E-state index contributed by atoms with van der Waals surface area (Å²) in [6.07, 6.45) is 6.10. The molecule has 3 aromatic rings. The summed E-state index contributed by atoms with van der Waals surface area (Å²) in [5.41, 5.74) is 1.83. The summed E-state index contributed by atoms with van der Waals surface area (Å²) < 4.78 is 16.6. The second-order valence-electron chi connectivity index (χ2n) is 9.90. The maximum atomic E-state index is 12.8. The minimum atomic E-state index is -0.492. The number of ether oxygens (including phenoxy) is 3. The normalized spacial score (nSPS) is 18.2. The van der Waals surface area contributed by atoms with Gasteiger partial charge in [0.15, 0.2) is 0 Å². The van der Waals surface area contributed by atoms with E-state index >= 15 is 0 Å². The van der Waals surface area contributed by atoms with Crippen molar-refractivity contribution in [3.63, 3.8) is 0 Å². The largest absolute Gasteiger partial charge is 0.494 e. The van der Waals surface area contributed by atoms with Crippen LogP contribution in [0.3, 0.4) is 0 Å². The number of morpholine rings is 1. The van der Waals surface area contributed by atoms with Crippen LogP contribution in [0.5, 0.6) is 5.75 Å². The first-order valence-corrected chi connectivity index (χ1v) is 13.1. The fourth-order valence-corrected chi connectivity index (χ4v) is 5.06. The van der Waals surface area contributed by atoms with Gasteiger partial charge in [-0.15, -0.1) is 0 Å². The smallest absolute Gasteiger partial charge is 0.320 e. The Labute approximate surface area is 227 Å². The zero-order valence-corrected chi connectivity index (χ0v) is 22.2. The maximum Gasteiger partial charge on any atom is 0.320 e. The monoisotopic (exact) mass is 531 g/mol. The van der Waals surface area contributed by atoms with Crippen LogP contribution in [0.1, 0.15) is 31.4 Å². The molecular formula is C29H33N5O5. The van der Waals surface area contributed by atoms with Crippen LogP contribution in [-0.4, -0.2) is 72.3 Å². The number of hydrogen-bond donors (Lipinski definition) is 2. The Morgan fingerprint density at radius 3 is 2.77 bits per heavy atom. The average Bonchev–Trinajstić information content (AvgIpc) is 2.93. The molecular weight excluding hydrogens is 498 g/mol. The van der Waals surface area contributed by atoms with Gasteiger partial charge in [0.05, 0.1) is 38.1 Å². The van der Waals surface area contributed by atoms with E-state index in [0.717, 1.165) is 10.9 Å². The van der Waals surface area contributed by atoms with Crippen LogP contribution in [0.2, 0.25) is 0 Å². The quantitative estimate of drug-likeness (QED) is 0.332. The lowest BCUT2D eigenvalue weighted by Gasteiger charge is -2.43. The van der Waals surface area contributed by atoms with Crippen molar-refractivity contribution >= 4 is 34.3 Å². The van der Waals surface area contributed by atoms with Gasteiger partial charge in [-0.25, -0.2) is 9.97 Å². The molecule has 204 valence electrons. The van der Waals surface area contributed by atoms with Crippen LogP contribution in [0.4, 0.5) is 11.5 Å². The molecule has 10 nitrogen and oxygen atoms in total. The molecule has 0 aliphatic carbocycles. The third-order valence-electron chi connectivity index (χ3n) is 7.10. The van der Waals surface area contributed by atoms with Crippen LogP contribution >= 0.6 is 0 Å². The molecule has 0 saturated carbocycles. The predicted octanol–water partition coefficient (Wildman–Crippen LogP) is 3.71. The number of benzene rings is 2. The molecule has 2 aliphatic rings. The van der Waals surface area contributed by atoms with Gasteiger partial charge >= 0.3 is 5.97 Å². The predicted molar refractivity (Wildman–Crippen MR) is 148 cm³/mol. The molecule has 2 saturated heterocycles. The van der Waals surface area contributed by atoms with Gasteiger partial charge in [-0.05, 0) is 18.6 Å². The molecule has 5 rings (SSSR count). The van der Waals surface area contributed by atoms with E-state index in [-0.39, 0.29) is 24.5 Å². The van der Waals surface area contributed by atoms with Crippen molar-refractivity contribution in [3.8, 4) is 5.75 Å². The average molecular weight is 532 g/mol. The Hall–Kier alpha value is -4.02. The van der Waals surface area contributed by atoms with Gasteiger partial charge in [0, 0.05) is 49.5 Å². The van der Waals surface area contributed by atoms with E-state index in [1.165, 1.54) is 12.4 Å². The number of aromatic nitrogens is 2. The van der Waals surface area contributed by atoms with E-state index in [2.05, 4.69) is 39.7 Å². The lowest BCUT2D eigenvalue weighted by Crippen LogP contribution is -2.56. The number of fused-ring (bicyclic) bond motifs is 1. The van der Waals surface area contributed by atoms with Crippen molar-refractivity contribution in [1.82, 2.24) is 14.9 Å². The lowest BCUT2D eigenvalue weighted by atomic mass is 9.92. The van der Waals surface area contributed by atoms with Crippen molar-refractivity contribution in [3.05, 3.63) is 66.5 Å². The van der Waals surface area contributed by atoms with E-state index in [1.54, 1.807) is 19.3 Å². The summed E-state index contributed by atoms with van der Waals surface area (Å²) >= 11 is 0. The molecule has 3 heterocycles. The van der Waals surface area contributed by atoms with E-state index in [9.17, 15) is 9.59 Å². The second kappa shape index (κ2) is 11.8. The Balaban J connectivity index is 1.28. The minimum Gasteiger partial charge on any atom is -0.494 e. The molecule has 1 aromatic heterocycles. The number of rotatable bonds is 8. The third kappa shape index (κ3) is 6.35. The van der Waals surface area contributed by atoms with Gasteiger partial charge in [0.2, 0.25) is 5.91 Å². The van der Waals surface area contributed by atoms with E-state index in [4.69, 9.17) is 14.2 Å². The molecule has 0 unspecified atom stereocenters. The van der Waals surface area contributed by atoms with Crippen LogP contribution < -0.4 is 15.4 Å². The zero-order chi connectivity index (χ0) is 27.2. The molecule has 0 radical (unpaired) electrons. The Morgan fingerprint density at radius 2 is 2.00 bits per heavy atom. The number of nitrogens with zero attached hydrogens (tertiary/aromatic N) is 3. The standard InChI is InChI=1S/C29H33N5O5/c1-20(21-7-4-3-5-8-21)32-28-22-15-24(25(37-2)16-23(22)30-19-31-28)33-26(35)9-6-12-34-17-27(36)39-29(18-34)10-13-38-14-11-29/h3-9,15-16,19-20H,10-14,17-18H2,1-2H3,(H,33,35)(H,30,31,32)/b9-6+/t20-/m1/s1. The molecule has 39 heavy (non-hydrogen) atoms. The van der Waals surface area contributed by atoms with E-state index in [1.807, 2.05) is 29.2 Å². The number of esters is 1. The van der Waals surface area contributed by atoms with Crippen molar-refractivity contribution < 1.29 is 23.8 Å². The number of methoxy groups -OCH3 is 1. The van der Waals surface area contributed by atoms with Gasteiger partial charge in [-0.2, -0.15) is 0 Å². The number of carbonyl (C=O) groups excluding carboxylic acids is 2. The molecule has 0 bridgehead atoms. The third-order valence-corrected chi connectivity index (χ3v) is 7.10. The van der Waals surface area contributed by atoms with Crippen molar-refractivity contribution in [2.75, 3.05) is 50.6 Å². The van der Waals surface area contributed by atoms with Crippen molar-refractivity contribution in [1.29, 1.82) is 0 Å². The zero-order valence-electron chi connectivity index (χ0n) is 22.2. The number of hydrogen-bond acceptors (Lipinski definition) is 9. The Bertz CT molecular complexity index is 1360. The highest BCUT2D eigenvalue weighted by Crippen LogP contribution is 2.33. The number of nitrogens with one attached hydrogen (secondary N) is 2. The first-order chi connectivity index (χ1) is 18.9. The highest BCUT2D eigenvalue weighted by atomic mass is 16.6. The fourth-order valence-electron chi connectivity index (χ4n) is 5.06. The van der Waals surface area contributed by atoms with Crippen LogP contribution in [0.15, 0.2) is 60.9 Å². The molecule has 2 aliphatic heterocycles. The highest BCUT2D eigenvalue weighted by molar-refractivity contribution is 6.03. The molecule has 2 aromatic carbocycles. The maximum absolute atomic E-state index is 12.8. The highest BCUT2D eigenvalue weighted by Gasteiger charge is 2.41. The summed E-state index contributed by atoms with van der Waals surface area (Å²) in [5.74, 6) is 0.599. The van der Waals surface area contributed by atoms with Gasteiger partial charge < -0.3 is 24.8 Å². The molecule has 2 fully saturated rings. The van der Waals surface area contributed by atoms with Gasteiger partial charge in [0.25, 0.3) is 0 Å². The van der Waals surface area contributed by atoms with Crippen LogP contribution in [-0.2, 0) is 19.1 Å². The summed E-state index contributed by atoms with van der Waals surface area (Å²) in [4.78, 5) is 35.9.